The highest BCUT2D eigenvalue weighted by Gasteiger charge is 1.91. The number of anilines is 1. The Labute approximate surface area is 84.7 Å². The van der Waals surface area contributed by atoms with Gasteiger partial charge in [-0.3, -0.25) is 4.98 Å². The van der Waals surface area contributed by atoms with Gasteiger partial charge in [-0.1, -0.05) is 13.3 Å². The summed E-state index contributed by atoms with van der Waals surface area (Å²) in [6, 6.07) is 0. The lowest BCUT2D eigenvalue weighted by Gasteiger charge is -2.05. The maximum Gasteiger partial charge on any atom is 0.144 e. The van der Waals surface area contributed by atoms with E-state index in [9.17, 15) is 0 Å². The molecule has 1 heterocycles. The molecule has 0 saturated heterocycles. The second kappa shape index (κ2) is 7.26. The van der Waals surface area contributed by atoms with Crippen LogP contribution in [-0.4, -0.2) is 29.7 Å². The lowest BCUT2D eigenvalue weighted by atomic mass is 10.4. The molecule has 0 unspecified atom stereocenters. The van der Waals surface area contributed by atoms with Crippen molar-refractivity contribution < 1.29 is 4.74 Å². The Morgan fingerprint density at radius 3 is 3.00 bits per heavy atom. The summed E-state index contributed by atoms with van der Waals surface area (Å²) in [6.07, 6.45) is 7.33. The zero-order chi connectivity index (χ0) is 10.1. The van der Waals surface area contributed by atoms with Gasteiger partial charge in [0.1, 0.15) is 5.82 Å². The van der Waals surface area contributed by atoms with E-state index in [0.29, 0.717) is 0 Å². The highest BCUT2D eigenvalue weighted by Crippen LogP contribution is 1.95. The molecule has 0 spiro atoms. The number of rotatable bonds is 7. The summed E-state index contributed by atoms with van der Waals surface area (Å²) in [4.78, 5) is 8.03. The van der Waals surface area contributed by atoms with Crippen molar-refractivity contribution in [3.63, 3.8) is 0 Å². The largest absolute Gasteiger partial charge is 0.380 e. The van der Waals surface area contributed by atoms with E-state index in [1.165, 1.54) is 6.42 Å². The van der Waals surface area contributed by atoms with Crippen LogP contribution in [-0.2, 0) is 4.74 Å². The van der Waals surface area contributed by atoms with E-state index in [4.69, 9.17) is 4.74 Å². The van der Waals surface area contributed by atoms with Crippen LogP contribution in [0.15, 0.2) is 18.6 Å². The number of unbranched alkanes of at least 4 members (excludes halogenated alkanes) is 1. The van der Waals surface area contributed by atoms with Gasteiger partial charge in [0, 0.05) is 25.5 Å². The molecule has 0 saturated carbocycles. The predicted molar refractivity (Wildman–Crippen MR) is 56.2 cm³/mol. The van der Waals surface area contributed by atoms with Crippen LogP contribution in [0.5, 0.6) is 0 Å². The van der Waals surface area contributed by atoms with Crippen LogP contribution in [0, 0.1) is 0 Å². The third-order valence-electron chi connectivity index (χ3n) is 1.76. The molecule has 4 heteroatoms. The highest BCUT2D eigenvalue weighted by molar-refractivity contribution is 5.29. The van der Waals surface area contributed by atoms with Gasteiger partial charge in [0.2, 0.25) is 0 Å². The second-order valence-corrected chi connectivity index (χ2v) is 2.98. The Balaban J connectivity index is 1.99. The molecule has 0 aliphatic rings. The number of hydrogen-bond acceptors (Lipinski definition) is 4. The summed E-state index contributed by atoms with van der Waals surface area (Å²) in [7, 11) is 0. The summed E-state index contributed by atoms with van der Waals surface area (Å²) in [5.41, 5.74) is 0. The van der Waals surface area contributed by atoms with Crippen LogP contribution in [0.2, 0.25) is 0 Å². The van der Waals surface area contributed by atoms with E-state index in [1.54, 1.807) is 18.6 Å². The van der Waals surface area contributed by atoms with E-state index in [2.05, 4.69) is 22.2 Å². The topological polar surface area (TPSA) is 47.0 Å². The Hall–Kier alpha value is -1.16. The van der Waals surface area contributed by atoms with Gasteiger partial charge in [-0.2, -0.15) is 0 Å². The summed E-state index contributed by atoms with van der Waals surface area (Å²) in [6.45, 7) is 4.50. The van der Waals surface area contributed by atoms with Gasteiger partial charge >= 0.3 is 0 Å². The van der Waals surface area contributed by atoms with Crippen molar-refractivity contribution in [2.75, 3.05) is 25.1 Å². The third-order valence-corrected chi connectivity index (χ3v) is 1.76. The molecule has 4 nitrogen and oxygen atoms in total. The molecule has 0 radical (unpaired) electrons. The molecule has 1 aromatic rings. The highest BCUT2D eigenvalue weighted by atomic mass is 16.5. The molecular weight excluding hydrogens is 178 g/mol. The van der Waals surface area contributed by atoms with E-state index < -0.39 is 0 Å². The minimum Gasteiger partial charge on any atom is -0.380 e. The summed E-state index contributed by atoms with van der Waals surface area (Å²) in [5, 5.41) is 3.12. The molecule has 78 valence electrons. The van der Waals surface area contributed by atoms with E-state index in [0.717, 1.165) is 32.0 Å². The van der Waals surface area contributed by atoms with Gasteiger partial charge in [0.05, 0.1) is 12.8 Å². The Kier molecular flexibility index (Phi) is 5.66. The second-order valence-electron chi connectivity index (χ2n) is 2.98. The maximum atomic E-state index is 5.39. The average molecular weight is 195 g/mol. The first-order valence-corrected chi connectivity index (χ1v) is 5.01. The Bertz CT molecular complexity index is 228. The third kappa shape index (κ3) is 4.77. The van der Waals surface area contributed by atoms with Gasteiger partial charge < -0.3 is 10.1 Å². The number of ether oxygens (including phenoxy) is 1. The van der Waals surface area contributed by atoms with Crippen molar-refractivity contribution in [3.05, 3.63) is 18.6 Å². The van der Waals surface area contributed by atoms with Crippen molar-refractivity contribution in [1.29, 1.82) is 0 Å². The van der Waals surface area contributed by atoms with E-state index in [-0.39, 0.29) is 0 Å². The fraction of sp³-hybridized carbons (Fsp3) is 0.600. The van der Waals surface area contributed by atoms with Gasteiger partial charge in [-0.15, -0.1) is 0 Å². The van der Waals surface area contributed by atoms with Crippen molar-refractivity contribution in [1.82, 2.24) is 9.97 Å². The molecule has 1 N–H and O–H groups in total. The van der Waals surface area contributed by atoms with Gasteiger partial charge in [0.25, 0.3) is 0 Å². The lowest BCUT2D eigenvalue weighted by molar-refractivity contribution is 0.141. The Morgan fingerprint density at radius 1 is 1.36 bits per heavy atom. The average Bonchev–Trinajstić information content (AvgIpc) is 2.25. The molecule has 0 fully saturated rings. The maximum absolute atomic E-state index is 5.39. The monoisotopic (exact) mass is 195 g/mol. The lowest BCUT2D eigenvalue weighted by Crippen LogP contribution is -2.10. The van der Waals surface area contributed by atoms with Gasteiger partial charge in [0.15, 0.2) is 0 Å². The normalized spacial score (nSPS) is 10.1. The molecule has 0 aliphatic heterocycles. The zero-order valence-corrected chi connectivity index (χ0v) is 8.57. The number of aromatic nitrogens is 2. The summed E-state index contributed by atoms with van der Waals surface area (Å²) >= 11 is 0. The molecule has 1 aromatic heterocycles. The van der Waals surface area contributed by atoms with Crippen LogP contribution in [0.25, 0.3) is 0 Å². The van der Waals surface area contributed by atoms with Crippen LogP contribution < -0.4 is 5.32 Å². The first-order chi connectivity index (χ1) is 6.93. The number of nitrogens with zero attached hydrogens (tertiary/aromatic N) is 2. The molecule has 14 heavy (non-hydrogen) atoms. The van der Waals surface area contributed by atoms with Crippen molar-refractivity contribution in [3.8, 4) is 0 Å². The molecule has 0 amide bonds. The van der Waals surface area contributed by atoms with Gasteiger partial charge in [-0.25, -0.2) is 4.98 Å². The van der Waals surface area contributed by atoms with Crippen LogP contribution in [0.4, 0.5) is 5.82 Å². The number of nitrogens with one attached hydrogen (secondary N) is 1. The standard InChI is InChI=1S/C10H17N3O/c1-2-3-7-14-8-6-13-10-9-11-4-5-12-10/h4-5,9H,2-3,6-8H2,1H3,(H,12,13). The van der Waals surface area contributed by atoms with Crippen molar-refractivity contribution >= 4 is 5.82 Å². The predicted octanol–water partition coefficient (Wildman–Crippen LogP) is 1.71. The van der Waals surface area contributed by atoms with Crippen LogP contribution in [0.1, 0.15) is 19.8 Å². The summed E-state index contributed by atoms with van der Waals surface area (Å²) in [5.74, 6) is 0.798. The zero-order valence-electron chi connectivity index (χ0n) is 8.57. The fourth-order valence-corrected chi connectivity index (χ4v) is 0.990. The SMILES string of the molecule is CCCCOCCNc1cnccn1. The first kappa shape index (κ1) is 10.9. The molecule has 0 aromatic carbocycles. The molecule has 0 aliphatic carbocycles. The Morgan fingerprint density at radius 2 is 2.29 bits per heavy atom. The fourth-order valence-electron chi connectivity index (χ4n) is 0.990. The molecular formula is C10H17N3O. The minimum atomic E-state index is 0.719. The quantitative estimate of drug-likeness (QED) is 0.673. The first-order valence-electron chi connectivity index (χ1n) is 5.01. The molecule has 1 rings (SSSR count). The van der Waals surface area contributed by atoms with Crippen molar-refractivity contribution in [2.45, 2.75) is 19.8 Å². The minimum absolute atomic E-state index is 0.719. The van der Waals surface area contributed by atoms with Gasteiger partial charge in [-0.05, 0) is 6.42 Å². The van der Waals surface area contributed by atoms with E-state index >= 15 is 0 Å². The van der Waals surface area contributed by atoms with Crippen LogP contribution >= 0.6 is 0 Å². The van der Waals surface area contributed by atoms with E-state index in [1.807, 2.05) is 0 Å². The molecule has 0 bridgehead atoms. The summed E-state index contributed by atoms with van der Waals surface area (Å²) < 4.78 is 5.39. The smallest absolute Gasteiger partial charge is 0.144 e. The number of hydrogen-bond donors (Lipinski definition) is 1. The van der Waals surface area contributed by atoms with Crippen molar-refractivity contribution in [2.24, 2.45) is 0 Å². The van der Waals surface area contributed by atoms with Crippen LogP contribution in [0.3, 0.4) is 0 Å². The molecule has 0 atom stereocenters.